The van der Waals surface area contributed by atoms with E-state index in [2.05, 4.69) is 9.97 Å². The number of rotatable bonds is 1. The molecule has 19 heavy (non-hydrogen) atoms. The molecule has 0 bridgehead atoms. The molecule has 5 nitrogen and oxygen atoms in total. The highest BCUT2D eigenvalue weighted by Gasteiger charge is 2.40. The molecule has 2 amide bonds. The lowest BCUT2D eigenvalue weighted by Crippen LogP contribution is -2.30. The predicted octanol–water partition coefficient (Wildman–Crippen LogP) is 2.07. The van der Waals surface area contributed by atoms with Gasteiger partial charge in [0.05, 0.1) is 10.7 Å². The van der Waals surface area contributed by atoms with Gasteiger partial charge in [0.15, 0.2) is 11.4 Å². The van der Waals surface area contributed by atoms with Gasteiger partial charge in [0.25, 0.3) is 11.8 Å². The summed E-state index contributed by atoms with van der Waals surface area (Å²) in [6.45, 7) is 0. The van der Waals surface area contributed by atoms with Crippen molar-refractivity contribution in [2.45, 2.75) is 0 Å². The molecular formula is C12H5ClFN3O2. The van der Waals surface area contributed by atoms with E-state index >= 15 is 0 Å². The van der Waals surface area contributed by atoms with E-state index < -0.39 is 17.6 Å². The number of anilines is 1. The Morgan fingerprint density at radius 3 is 2.16 bits per heavy atom. The van der Waals surface area contributed by atoms with Crippen LogP contribution in [0, 0.1) is 5.82 Å². The number of fused-ring (bicyclic) bond motifs is 1. The summed E-state index contributed by atoms with van der Waals surface area (Å²) >= 11 is 5.86. The van der Waals surface area contributed by atoms with Crippen molar-refractivity contribution in [1.29, 1.82) is 0 Å². The summed E-state index contributed by atoms with van der Waals surface area (Å²) in [5.41, 5.74) is 0.0404. The van der Waals surface area contributed by atoms with E-state index in [-0.39, 0.29) is 22.1 Å². The fourth-order valence-electron chi connectivity index (χ4n) is 1.84. The molecule has 1 aliphatic heterocycles. The zero-order valence-electron chi connectivity index (χ0n) is 9.30. The second kappa shape index (κ2) is 4.10. The largest absolute Gasteiger partial charge is 0.286 e. The zero-order valence-corrected chi connectivity index (χ0v) is 10.1. The smallest absolute Gasteiger partial charge is 0.266 e. The van der Waals surface area contributed by atoms with Crippen molar-refractivity contribution in [2.24, 2.45) is 0 Å². The number of hydrogen-bond acceptors (Lipinski definition) is 4. The second-order valence-corrected chi connectivity index (χ2v) is 4.20. The molecule has 0 N–H and O–H groups in total. The lowest BCUT2D eigenvalue weighted by molar-refractivity contribution is 0.0923. The third-order valence-corrected chi connectivity index (χ3v) is 2.96. The standard InChI is InChI=1S/C12H5ClFN3O2/c13-7-5-6(14)1-2-8(7)17-11(18)9-10(12(17)19)16-4-3-15-9/h1-5H. The van der Waals surface area contributed by atoms with Crippen LogP contribution in [-0.4, -0.2) is 21.8 Å². The van der Waals surface area contributed by atoms with Crippen LogP contribution in [0.1, 0.15) is 21.0 Å². The van der Waals surface area contributed by atoms with Gasteiger partial charge in [-0.3, -0.25) is 9.59 Å². The molecule has 94 valence electrons. The van der Waals surface area contributed by atoms with E-state index in [4.69, 9.17) is 11.6 Å². The number of nitrogens with zero attached hydrogens (tertiary/aromatic N) is 3. The third-order valence-electron chi connectivity index (χ3n) is 2.66. The summed E-state index contributed by atoms with van der Waals surface area (Å²) in [5, 5.41) is -0.0329. The van der Waals surface area contributed by atoms with Gasteiger partial charge in [0.2, 0.25) is 0 Å². The molecule has 0 fully saturated rings. The van der Waals surface area contributed by atoms with Crippen LogP contribution >= 0.6 is 11.6 Å². The molecule has 0 spiro atoms. The van der Waals surface area contributed by atoms with E-state index in [0.717, 1.165) is 17.0 Å². The quantitative estimate of drug-likeness (QED) is 0.749. The van der Waals surface area contributed by atoms with E-state index in [0.29, 0.717) is 0 Å². The van der Waals surface area contributed by atoms with Gasteiger partial charge in [0.1, 0.15) is 5.82 Å². The van der Waals surface area contributed by atoms with Crippen LogP contribution < -0.4 is 4.90 Å². The van der Waals surface area contributed by atoms with Gasteiger partial charge in [-0.05, 0) is 18.2 Å². The van der Waals surface area contributed by atoms with Gasteiger partial charge in [-0.15, -0.1) is 0 Å². The minimum atomic E-state index is -0.624. The van der Waals surface area contributed by atoms with Crippen molar-refractivity contribution in [3.8, 4) is 0 Å². The molecular weight excluding hydrogens is 273 g/mol. The van der Waals surface area contributed by atoms with Gasteiger partial charge in [-0.25, -0.2) is 19.3 Å². The lowest BCUT2D eigenvalue weighted by atomic mass is 10.3. The van der Waals surface area contributed by atoms with Crippen LogP contribution in [0.3, 0.4) is 0 Å². The monoisotopic (exact) mass is 277 g/mol. The maximum Gasteiger partial charge on any atom is 0.286 e. The number of hydrogen-bond donors (Lipinski definition) is 0. The van der Waals surface area contributed by atoms with Crippen molar-refractivity contribution < 1.29 is 14.0 Å². The molecule has 3 rings (SSSR count). The molecule has 0 radical (unpaired) electrons. The highest BCUT2D eigenvalue weighted by molar-refractivity contribution is 6.39. The Kier molecular flexibility index (Phi) is 2.53. The zero-order chi connectivity index (χ0) is 13.6. The highest BCUT2D eigenvalue weighted by atomic mass is 35.5. The molecule has 0 atom stereocenters. The summed E-state index contributed by atoms with van der Waals surface area (Å²) in [4.78, 5) is 32.7. The Bertz CT molecular complexity index is 685. The van der Waals surface area contributed by atoms with Crippen LogP contribution in [0.5, 0.6) is 0 Å². The van der Waals surface area contributed by atoms with Gasteiger partial charge >= 0.3 is 0 Å². The summed E-state index contributed by atoms with van der Waals surface area (Å²) in [5.74, 6) is -1.80. The average molecular weight is 278 g/mol. The molecule has 2 aromatic rings. The van der Waals surface area contributed by atoms with Gasteiger partial charge in [-0.2, -0.15) is 0 Å². The fourth-order valence-corrected chi connectivity index (χ4v) is 2.09. The number of benzene rings is 1. The number of halogens is 2. The Balaban J connectivity index is 2.14. The maximum atomic E-state index is 13.0. The minimum Gasteiger partial charge on any atom is -0.266 e. The van der Waals surface area contributed by atoms with E-state index in [1.165, 1.54) is 18.5 Å². The third kappa shape index (κ3) is 1.68. The molecule has 0 aliphatic carbocycles. The number of carbonyl (C=O) groups excluding carboxylic acids is 2. The second-order valence-electron chi connectivity index (χ2n) is 3.80. The van der Waals surface area contributed by atoms with Gasteiger partial charge < -0.3 is 0 Å². The van der Waals surface area contributed by atoms with Crippen molar-refractivity contribution in [3.63, 3.8) is 0 Å². The van der Waals surface area contributed by atoms with E-state index in [1.807, 2.05) is 0 Å². The molecule has 1 aromatic heterocycles. The molecule has 0 saturated heterocycles. The van der Waals surface area contributed by atoms with Gasteiger partial charge in [0, 0.05) is 12.4 Å². The molecule has 1 aliphatic rings. The fraction of sp³-hybridized carbons (Fsp3) is 0. The van der Waals surface area contributed by atoms with Crippen LogP contribution in [0.2, 0.25) is 5.02 Å². The number of aromatic nitrogens is 2. The molecule has 0 saturated carbocycles. The Morgan fingerprint density at radius 1 is 1.05 bits per heavy atom. The first-order chi connectivity index (χ1) is 9.09. The summed E-state index contributed by atoms with van der Waals surface area (Å²) in [6, 6.07) is 3.41. The SMILES string of the molecule is O=C1c2nccnc2C(=O)N1c1ccc(F)cc1Cl. The maximum absolute atomic E-state index is 13.0. The van der Waals surface area contributed by atoms with E-state index in [9.17, 15) is 14.0 Å². The topological polar surface area (TPSA) is 63.2 Å². The Morgan fingerprint density at radius 2 is 1.63 bits per heavy atom. The summed E-state index contributed by atoms with van der Waals surface area (Å²) < 4.78 is 13.0. The van der Waals surface area contributed by atoms with Crippen molar-refractivity contribution >= 4 is 29.1 Å². The number of amides is 2. The lowest BCUT2D eigenvalue weighted by Gasteiger charge is -2.14. The molecule has 2 heterocycles. The Hall–Kier alpha value is -2.34. The normalized spacial score (nSPS) is 13.9. The molecule has 0 unspecified atom stereocenters. The van der Waals surface area contributed by atoms with Gasteiger partial charge in [-0.1, -0.05) is 11.6 Å². The number of carbonyl (C=O) groups is 2. The first-order valence-corrected chi connectivity index (χ1v) is 5.62. The summed E-state index contributed by atoms with van der Waals surface area (Å²) in [7, 11) is 0. The highest BCUT2D eigenvalue weighted by Crippen LogP contribution is 2.32. The van der Waals surface area contributed by atoms with Crippen LogP contribution in [0.25, 0.3) is 0 Å². The minimum absolute atomic E-state index is 0.0329. The summed E-state index contributed by atoms with van der Waals surface area (Å²) in [6.07, 6.45) is 2.64. The molecule has 7 heteroatoms. The van der Waals surface area contributed by atoms with Crippen LogP contribution in [0.4, 0.5) is 10.1 Å². The first kappa shape index (κ1) is 11.7. The predicted molar refractivity (Wildman–Crippen MR) is 64.6 cm³/mol. The van der Waals surface area contributed by atoms with E-state index in [1.54, 1.807) is 0 Å². The molecule has 1 aromatic carbocycles. The first-order valence-electron chi connectivity index (χ1n) is 5.24. The van der Waals surface area contributed by atoms with Crippen molar-refractivity contribution in [2.75, 3.05) is 4.90 Å². The van der Waals surface area contributed by atoms with Crippen LogP contribution in [-0.2, 0) is 0 Å². The Labute approximate surface area is 111 Å². The van der Waals surface area contributed by atoms with Crippen LogP contribution in [0.15, 0.2) is 30.6 Å². The number of imide groups is 1. The van der Waals surface area contributed by atoms with Crippen molar-refractivity contribution in [1.82, 2.24) is 9.97 Å². The average Bonchev–Trinajstić information content (AvgIpc) is 2.64. The van der Waals surface area contributed by atoms with Crippen molar-refractivity contribution in [3.05, 3.63) is 52.8 Å².